The number of hydrogen-bond donors (Lipinski definition) is 0. The van der Waals surface area contributed by atoms with E-state index in [0.717, 1.165) is 13.0 Å². The van der Waals surface area contributed by atoms with Crippen LogP contribution in [0.15, 0.2) is 0 Å². The number of likely N-dealkylation sites (tertiary alicyclic amines) is 1. The van der Waals surface area contributed by atoms with Crippen LogP contribution < -0.4 is 0 Å². The Labute approximate surface area is 96.7 Å². The Bertz CT molecular complexity index is 237. The third-order valence-corrected chi connectivity index (χ3v) is 2.79. The topological polar surface area (TPSA) is 29.5 Å². The second kappa shape index (κ2) is 4.60. The quantitative estimate of drug-likeness (QED) is 0.652. The fraction of sp³-hybridized carbons (Fsp3) is 0.909. The zero-order valence-electron chi connectivity index (χ0n) is 9.92. The maximum Gasteiger partial charge on any atom is 0.410 e. The minimum atomic E-state index is -0.431. The van der Waals surface area contributed by atoms with Gasteiger partial charge in [0.1, 0.15) is 5.60 Å². The van der Waals surface area contributed by atoms with E-state index in [2.05, 4.69) is 6.92 Å². The van der Waals surface area contributed by atoms with Crippen LogP contribution in [0.5, 0.6) is 0 Å². The van der Waals surface area contributed by atoms with Crippen molar-refractivity contribution in [1.29, 1.82) is 0 Å². The third-order valence-electron chi connectivity index (χ3n) is 2.43. The lowest BCUT2D eigenvalue weighted by atomic mass is 10.1. The summed E-state index contributed by atoms with van der Waals surface area (Å²) in [7, 11) is 0. The van der Waals surface area contributed by atoms with E-state index in [9.17, 15) is 4.79 Å². The van der Waals surface area contributed by atoms with Gasteiger partial charge in [-0.05, 0) is 33.1 Å². The molecule has 15 heavy (non-hydrogen) atoms. The molecule has 0 saturated carbocycles. The molecule has 1 fully saturated rings. The SMILES string of the molecule is C[C@H]1C[C@@H](CCl)N(C(=O)OC(C)(C)C)C1. The Morgan fingerprint density at radius 2 is 2.13 bits per heavy atom. The molecule has 1 heterocycles. The molecular weight excluding hydrogens is 214 g/mol. The number of hydrogen-bond acceptors (Lipinski definition) is 2. The van der Waals surface area contributed by atoms with E-state index in [1.54, 1.807) is 4.90 Å². The minimum Gasteiger partial charge on any atom is -0.444 e. The zero-order chi connectivity index (χ0) is 11.6. The molecule has 3 nitrogen and oxygen atoms in total. The summed E-state index contributed by atoms with van der Waals surface area (Å²) in [6.07, 6.45) is 0.737. The molecule has 0 aromatic heterocycles. The number of carbonyl (C=O) groups excluding carboxylic acids is 1. The van der Waals surface area contributed by atoms with Crippen molar-refractivity contribution in [2.75, 3.05) is 12.4 Å². The summed E-state index contributed by atoms with van der Waals surface area (Å²) in [5, 5.41) is 0. The first-order valence-electron chi connectivity index (χ1n) is 5.39. The Hall–Kier alpha value is -0.440. The first-order valence-corrected chi connectivity index (χ1v) is 5.92. The van der Waals surface area contributed by atoms with E-state index in [0.29, 0.717) is 11.8 Å². The molecule has 0 spiro atoms. The van der Waals surface area contributed by atoms with E-state index in [-0.39, 0.29) is 12.1 Å². The number of ether oxygens (including phenoxy) is 1. The molecule has 0 aromatic rings. The molecule has 0 bridgehead atoms. The molecule has 0 radical (unpaired) electrons. The number of carbonyl (C=O) groups is 1. The van der Waals surface area contributed by atoms with E-state index < -0.39 is 5.60 Å². The lowest BCUT2D eigenvalue weighted by Gasteiger charge is -2.27. The second-order valence-corrected chi connectivity index (χ2v) is 5.59. The fourth-order valence-corrected chi connectivity index (χ4v) is 2.13. The first-order chi connectivity index (χ1) is 6.83. The average molecular weight is 234 g/mol. The zero-order valence-corrected chi connectivity index (χ0v) is 10.7. The summed E-state index contributed by atoms with van der Waals surface area (Å²) in [5.41, 5.74) is -0.431. The maximum absolute atomic E-state index is 11.8. The van der Waals surface area contributed by atoms with Crippen molar-refractivity contribution >= 4 is 17.7 Å². The largest absolute Gasteiger partial charge is 0.444 e. The van der Waals surface area contributed by atoms with Gasteiger partial charge in [-0.15, -0.1) is 11.6 Å². The van der Waals surface area contributed by atoms with Gasteiger partial charge in [-0.25, -0.2) is 4.79 Å². The second-order valence-electron chi connectivity index (χ2n) is 5.28. The van der Waals surface area contributed by atoms with Crippen molar-refractivity contribution in [2.45, 2.75) is 45.8 Å². The molecule has 1 aliphatic heterocycles. The molecule has 0 aromatic carbocycles. The van der Waals surface area contributed by atoms with Gasteiger partial charge >= 0.3 is 6.09 Å². The Morgan fingerprint density at radius 1 is 1.53 bits per heavy atom. The van der Waals surface area contributed by atoms with Crippen LogP contribution in [0, 0.1) is 5.92 Å². The lowest BCUT2D eigenvalue weighted by molar-refractivity contribution is 0.0236. The fourth-order valence-electron chi connectivity index (χ4n) is 1.84. The van der Waals surface area contributed by atoms with E-state index >= 15 is 0 Å². The standard InChI is InChI=1S/C11H20ClNO2/c1-8-5-9(6-12)13(7-8)10(14)15-11(2,3)4/h8-9H,5-7H2,1-4H3/t8-,9-/m0/s1. The first kappa shape index (κ1) is 12.6. The van der Waals surface area contributed by atoms with Crippen molar-refractivity contribution in [2.24, 2.45) is 5.92 Å². The van der Waals surface area contributed by atoms with Gasteiger partial charge in [0.25, 0.3) is 0 Å². The van der Waals surface area contributed by atoms with Gasteiger partial charge in [0.2, 0.25) is 0 Å². The van der Waals surface area contributed by atoms with Gasteiger partial charge in [-0.2, -0.15) is 0 Å². The number of amides is 1. The van der Waals surface area contributed by atoms with Gasteiger partial charge in [0, 0.05) is 18.5 Å². The highest BCUT2D eigenvalue weighted by molar-refractivity contribution is 6.18. The number of rotatable bonds is 1. The summed E-state index contributed by atoms with van der Waals surface area (Å²) < 4.78 is 5.33. The predicted molar refractivity (Wildman–Crippen MR) is 61.2 cm³/mol. The predicted octanol–water partition coefficient (Wildman–Crippen LogP) is 2.87. The van der Waals surface area contributed by atoms with E-state index in [1.165, 1.54) is 0 Å². The summed E-state index contributed by atoms with van der Waals surface area (Å²) in [4.78, 5) is 13.6. The van der Waals surface area contributed by atoms with Gasteiger partial charge in [0.05, 0.1) is 0 Å². The number of alkyl halides is 1. The number of nitrogens with zero attached hydrogens (tertiary/aromatic N) is 1. The summed E-state index contributed by atoms with van der Waals surface area (Å²) in [5.74, 6) is 1.00. The molecule has 2 atom stereocenters. The third kappa shape index (κ3) is 3.56. The Morgan fingerprint density at radius 3 is 2.60 bits per heavy atom. The minimum absolute atomic E-state index is 0.136. The van der Waals surface area contributed by atoms with Crippen LogP contribution in [-0.2, 0) is 4.74 Å². The van der Waals surface area contributed by atoms with Crippen LogP contribution in [-0.4, -0.2) is 35.1 Å². The van der Waals surface area contributed by atoms with Crippen LogP contribution in [0.4, 0.5) is 4.79 Å². The van der Waals surface area contributed by atoms with Crippen molar-refractivity contribution in [3.63, 3.8) is 0 Å². The van der Waals surface area contributed by atoms with Gasteiger partial charge in [-0.1, -0.05) is 6.92 Å². The lowest BCUT2D eigenvalue weighted by Crippen LogP contribution is -2.40. The van der Waals surface area contributed by atoms with Crippen molar-refractivity contribution in [3.8, 4) is 0 Å². The normalized spacial score (nSPS) is 26.9. The highest BCUT2D eigenvalue weighted by Gasteiger charge is 2.34. The maximum atomic E-state index is 11.8. The molecule has 1 aliphatic rings. The molecular formula is C11H20ClNO2. The summed E-state index contributed by atoms with van der Waals surface area (Å²) >= 11 is 5.83. The highest BCUT2D eigenvalue weighted by Crippen LogP contribution is 2.25. The van der Waals surface area contributed by atoms with E-state index in [4.69, 9.17) is 16.3 Å². The molecule has 0 unspecified atom stereocenters. The van der Waals surface area contributed by atoms with Gasteiger partial charge in [-0.3, -0.25) is 0 Å². The molecule has 1 saturated heterocycles. The molecule has 4 heteroatoms. The van der Waals surface area contributed by atoms with Gasteiger partial charge < -0.3 is 9.64 Å². The number of halogens is 1. The molecule has 88 valence electrons. The molecule has 1 amide bonds. The van der Waals surface area contributed by atoms with Crippen molar-refractivity contribution in [1.82, 2.24) is 4.90 Å². The molecule has 1 rings (SSSR count). The van der Waals surface area contributed by atoms with Crippen molar-refractivity contribution in [3.05, 3.63) is 0 Å². The summed E-state index contributed by atoms with van der Waals surface area (Å²) in [6.45, 7) is 8.51. The molecule has 0 N–H and O–H groups in total. The monoisotopic (exact) mass is 233 g/mol. The van der Waals surface area contributed by atoms with Gasteiger partial charge in [0.15, 0.2) is 0 Å². The van der Waals surface area contributed by atoms with Crippen LogP contribution >= 0.6 is 11.6 Å². The smallest absolute Gasteiger partial charge is 0.410 e. The highest BCUT2D eigenvalue weighted by atomic mass is 35.5. The Balaban J connectivity index is 2.59. The van der Waals surface area contributed by atoms with Crippen molar-refractivity contribution < 1.29 is 9.53 Å². The van der Waals surface area contributed by atoms with Crippen LogP contribution in [0.1, 0.15) is 34.1 Å². The average Bonchev–Trinajstić information content (AvgIpc) is 2.43. The van der Waals surface area contributed by atoms with Crippen LogP contribution in [0.25, 0.3) is 0 Å². The van der Waals surface area contributed by atoms with Crippen LogP contribution in [0.2, 0.25) is 0 Å². The Kier molecular flexibility index (Phi) is 3.87. The summed E-state index contributed by atoms with van der Waals surface area (Å²) in [6, 6.07) is 0.136. The molecule has 0 aliphatic carbocycles. The van der Waals surface area contributed by atoms with E-state index in [1.807, 2.05) is 20.8 Å². The van der Waals surface area contributed by atoms with Crippen LogP contribution in [0.3, 0.4) is 0 Å².